The van der Waals surface area contributed by atoms with Crippen molar-refractivity contribution in [2.24, 2.45) is 0 Å². The summed E-state index contributed by atoms with van der Waals surface area (Å²) in [5, 5.41) is 8.39. The molecule has 0 aliphatic carbocycles. The van der Waals surface area contributed by atoms with E-state index in [-0.39, 0.29) is 5.82 Å². The van der Waals surface area contributed by atoms with Crippen LogP contribution in [0.5, 0.6) is 0 Å². The van der Waals surface area contributed by atoms with E-state index in [9.17, 15) is 4.39 Å². The standard InChI is InChI=1S/C19H17ClFN3O/c1-24(2)16-5-3-4-13(10-16)11-19-23-22-18(25-19)9-7-14-6-8-15(21)12-17(14)20/h3-10,12H,11H2,1-2H3/b9-7+. The van der Waals surface area contributed by atoms with E-state index >= 15 is 0 Å². The lowest BCUT2D eigenvalue weighted by molar-refractivity contribution is 0.496. The van der Waals surface area contributed by atoms with E-state index in [4.69, 9.17) is 16.0 Å². The number of anilines is 1. The molecule has 0 bridgehead atoms. The van der Waals surface area contributed by atoms with Crippen molar-refractivity contribution in [1.82, 2.24) is 10.2 Å². The first-order valence-electron chi connectivity index (χ1n) is 7.73. The summed E-state index contributed by atoms with van der Waals surface area (Å²) >= 11 is 5.99. The van der Waals surface area contributed by atoms with Crippen molar-refractivity contribution in [2.75, 3.05) is 19.0 Å². The molecule has 0 atom stereocenters. The highest BCUT2D eigenvalue weighted by Gasteiger charge is 2.07. The molecule has 0 fully saturated rings. The molecule has 6 heteroatoms. The molecule has 3 aromatic rings. The van der Waals surface area contributed by atoms with Crippen LogP contribution in [0.2, 0.25) is 5.02 Å². The van der Waals surface area contributed by atoms with Crippen molar-refractivity contribution in [2.45, 2.75) is 6.42 Å². The number of aromatic nitrogens is 2. The lowest BCUT2D eigenvalue weighted by Gasteiger charge is -2.12. The van der Waals surface area contributed by atoms with Crippen molar-refractivity contribution in [3.05, 3.63) is 76.2 Å². The molecule has 0 saturated heterocycles. The Morgan fingerprint density at radius 1 is 1.12 bits per heavy atom. The Bertz CT molecular complexity index is 905. The third-order valence-electron chi connectivity index (χ3n) is 3.63. The van der Waals surface area contributed by atoms with Gasteiger partial charge in [0.1, 0.15) is 5.82 Å². The normalized spacial score (nSPS) is 11.2. The maximum atomic E-state index is 13.0. The Balaban J connectivity index is 1.72. The molecular formula is C19H17ClFN3O. The molecule has 3 rings (SSSR count). The van der Waals surface area contributed by atoms with Crippen LogP contribution in [0.15, 0.2) is 46.9 Å². The topological polar surface area (TPSA) is 42.2 Å². The second kappa shape index (κ2) is 7.49. The van der Waals surface area contributed by atoms with E-state index < -0.39 is 0 Å². The first-order valence-corrected chi connectivity index (χ1v) is 8.11. The van der Waals surface area contributed by atoms with Gasteiger partial charge in [-0.2, -0.15) is 0 Å². The zero-order valence-corrected chi connectivity index (χ0v) is 14.7. The van der Waals surface area contributed by atoms with Gasteiger partial charge in [-0.1, -0.05) is 29.8 Å². The van der Waals surface area contributed by atoms with Crippen LogP contribution in [0.3, 0.4) is 0 Å². The van der Waals surface area contributed by atoms with E-state index in [1.54, 1.807) is 18.2 Å². The number of hydrogen-bond donors (Lipinski definition) is 0. The summed E-state index contributed by atoms with van der Waals surface area (Å²) in [5.74, 6) is 0.530. The van der Waals surface area contributed by atoms with Gasteiger partial charge in [-0.15, -0.1) is 10.2 Å². The molecule has 1 aromatic heterocycles. The van der Waals surface area contributed by atoms with E-state index in [2.05, 4.69) is 16.3 Å². The molecule has 0 saturated carbocycles. The number of hydrogen-bond acceptors (Lipinski definition) is 4. The van der Waals surface area contributed by atoms with Gasteiger partial charge < -0.3 is 9.32 Å². The van der Waals surface area contributed by atoms with Crippen LogP contribution in [0.1, 0.15) is 22.9 Å². The maximum Gasteiger partial charge on any atom is 0.240 e. The van der Waals surface area contributed by atoms with Crippen LogP contribution in [0.25, 0.3) is 12.2 Å². The maximum absolute atomic E-state index is 13.0. The van der Waals surface area contributed by atoms with E-state index in [0.717, 1.165) is 11.3 Å². The second-order valence-corrected chi connectivity index (χ2v) is 6.18. The third kappa shape index (κ3) is 4.45. The second-order valence-electron chi connectivity index (χ2n) is 5.77. The lowest BCUT2D eigenvalue weighted by Crippen LogP contribution is -2.08. The summed E-state index contributed by atoms with van der Waals surface area (Å²) < 4.78 is 18.7. The van der Waals surface area contributed by atoms with Gasteiger partial charge in [0.2, 0.25) is 11.8 Å². The fourth-order valence-electron chi connectivity index (χ4n) is 2.32. The van der Waals surface area contributed by atoms with Crippen molar-refractivity contribution in [3.63, 3.8) is 0 Å². The molecule has 0 aliphatic rings. The monoisotopic (exact) mass is 357 g/mol. The molecule has 0 aliphatic heterocycles. The van der Waals surface area contributed by atoms with E-state index in [1.807, 2.05) is 37.2 Å². The zero-order valence-electron chi connectivity index (χ0n) is 13.9. The minimum atomic E-state index is -0.373. The van der Waals surface area contributed by atoms with Crippen LogP contribution >= 0.6 is 11.6 Å². The minimum absolute atomic E-state index is 0.330. The van der Waals surface area contributed by atoms with Gasteiger partial charge in [-0.25, -0.2) is 4.39 Å². The average molecular weight is 358 g/mol. The first-order chi connectivity index (χ1) is 12.0. The number of benzene rings is 2. The van der Waals surface area contributed by atoms with Crippen LogP contribution in [0, 0.1) is 5.82 Å². The molecular weight excluding hydrogens is 341 g/mol. The van der Waals surface area contributed by atoms with E-state index in [0.29, 0.717) is 28.8 Å². The molecule has 2 aromatic carbocycles. The summed E-state index contributed by atoms with van der Waals surface area (Å²) in [6.07, 6.45) is 3.93. The molecule has 0 N–H and O–H groups in total. The van der Waals surface area contributed by atoms with Crippen LogP contribution in [-0.2, 0) is 6.42 Å². The Morgan fingerprint density at radius 2 is 1.96 bits per heavy atom. The smallest absolute Gasteiger partial charge is 0.240 e. The molecule has 0 spiro atoms. The summed E-state index contributed by atoms with van der Waals surface area (Å²) in [7, 11) is 3.99. The van der Waals surface area contributed by atoms with Crippen LogP contribution < -0.4 is 4.90 Å². The van der Waals surface area contributed by atoms with Crippen LogP contribution in [0.4, 0.5) is 10.1 Å². The Labute approximate surface area is 150 Å². The SMILES string of the molecule is CN(C)c1cccc(Cc2nnc(/C=C/c3ccc(F)cc3Cl)o2)c1. The lowest BCUT2D eigenvalue weighted by atomic mass is 10.1. The number of nitrogens with zero attached hydrogens (tertiary/aromatic N) is 3. The predicted molar refractivity (Wildman–Crippen MR) is 98.2 cm³/mol. The Hall–Kier alpha value is -2.66. The van der Waals surface area contributed by atoms with Gasteiger partial charge in [-0.05, 0) is 41.5 Å². The van der Waals surface area contributed by atoms with Gasteiger partial charge in [0, 0.05) is 25.9 Å². The molecule has 0 amide bonds. The Kier molecular flexibility index (Phi) is 5.14. The van der Waals surface area contributed by atoms with Crippen molar-refractivity contribution in [1.29, 1.82) is 0 Å². The van der Waals surface area contributed by atoms with E-state index in [1.165, 1.54) is 12.1 Å². The predicted octanol–water partition coefficient (Wildman–Crippen LogP) is 4.69. The third-order valence-corrected chi connectivity index (χ3v) is 3.96. The number of rotatable bonds is 5. The molecule has 0 radical (unpaired) electrons. The Morgan fingerprint density at radius 3 is 2.72 bits per heavy atom. The molecule has 128 valence electrons. The van der Waals surface area contributed by atoms with Crippen molar-refractivity contribution < 1.29 is 8.81 Å². The van der Waals surface area contributed by atoms with Gasteiger partial charge in [0.05, 0.1) is 11.4 Å². The van der Waals surface area contributed by atoms with Gasteiger partial charge in [0.25, 0.3) is 0 Å². The average Bonchev–Trinajstić information content (AvgIpc) is 3.01. The van der Waals surface area contributed by atoms with Crippen molar-refractivity contribution in [3.8, 4) is 0 Å². The quantitative estimate of drug-likeness (QED) is 0.664. The summed E-state index contributed by atoms with van der Waals surface area (Å²) in [5.41, 5.74) is 2.89. The summed E-state index contributed by atoms with van der Waals surface area (Å²) in [6.45, 7) is 0. The first kappa shape index (κ1) is 17.2. The zero-order chi connectivity index (χ0) is 17.8. The summed E-state index contributed by atoms with van der Waals surface area (Å²) in [4.78, 5) is 2.04. The number of halogens is 2. The largest absolute Gasteiger partial charge is 0.421 e. The van der Waals surface area contributed by atoms with Gasteiger partial charge >= 0.3 is 0 Å². The molecule has 4 nitrogen and oxygen atoms in total. The fraction of sp³-hybridized carbons (Fsp3) is 0.158. The summed E-state index contributed by atoms with van der Waals surface area (Å²) in [6, 6.07) is 12.3. The minimum Gasteiger partial charge on any atom is -0.421 e. The highest BCUT2D eigenvalue weighted by molar-refractivity contribution is 6.32. The van der Waals surface area contributed by atoms with Gasteiger partial charge in [-0.3, -0.25) is 0 Å². The fourth-order valence-corrected chi connectivity index (χ4v) is 2.55. The highest BCUT2D eigenvalue weighted by atomic mass is 35.5. The van der Waals surface area contributed by atoms with Crippen LogP contribution in [-0.4, -0.2) is 24.3 Å². The highest BCUT2D eigenvalue weighted by Crippen LogP contribution is 2.20. The molecule has 25 heavy (non-hydrogen) atoms. The molecule has 1 heterocycles. The molecule has 0 unspecified atom stereocenters. The van der Waals surface area contributed by atoms with Gasteiger partial charge in [0.15, 0.2) is 0 Å². The van der Waals surface area contributed by atoms with Crippen molar-refractivity contribution >= 4 is 29.4 Å².